The van der Waals surface area contributed by atoms with E-state index in [2.05, 4.69) is 0 Å². The van der Waals surface area contributed by atoms with E-state index in [0.29, 0.717) is 0 Å². The molecule has 78 valence electrons. The topological polar surface area (TPSA) is 60.2 Å². The number of hydrogen-bond acceptors (Lipinski definition) is 3. The van der Waals surface area contributed by atoms with Crippen LogP contribution in [0.1, 0.15) is 23.2 Å². The van der Waals surface area contributed by atoms with Gasteiger partial charge in [-0.25, -0.2) is 4.39 Å². The summed E-state index contributed by atoms with van der Waals surface area (Å²) in [5, 5.41) is 10.4. The molecule has 15 heavy (non-hydrogen) atoms. The Balaban J connectivity index is 2.39. The maximum atomic E-state index is 13.2. The SMILES string of the molecule is O=C(c1cc([N+](=O)[O-])ccc1F)C1CC1. The fraction of sp³-hybridized carbons (Fsp3) is 0.300. The Labute approximate surface area is 84.9 Å². The average Bonchev–Trinajstić information content (AvgIpc) is 3.00. The molecule has 0 spiro atoms. The molecule has 1 fully saturated rings. The summed E-state index contributed by atoms with van der Waals surface area (Å²) in [7, 11) is 0. The highest BCUT2D eigenvalue weighted by atomic mass is 19.1. The number of nitro benzene ring substituents is 1. The predicted octanol–water partition coefficient (Wildman–Crippen LogP) is 2.33. The number of halogens is 1. The Morgan fingerprint density at radius 1 is 1.47 bits per heavy atom. The minimum absolute atomic E-state index is 0.137. The van der Waals surface area contributed by atoms with Crippen LogP contribution in [0.4, 0.5) is 10.1 Å². The highest BCUT2D eigenvalue weighted by Crippen LogP contribution is 2.34. The summed E-state index contributed by atoms with van der Waals surface area (Å²) in [6.45, 7) is 0. The van der Waals surface area contributed by atoms with E-state index in [9.17, 15) is 19.3 Å². The lowest BCUT2D eigenvalue weighted by atomic mass is 10.1. The summed E-state index contributed by atoms with van der Waals surface area (Å²) in [5.41, 5.74) is -0.410. The van der Waals surface area contributed by atoms with Crippen molar-refractivity contribution in [1.82, 2.24) is 0 Å². The van der Waals surface area contributed by atoms with Crippen LogP contribution in [-0.4, -0.2) is 10.7 Å². The second-order valence-corrected chi connectivity index (χ2v) is 3.56. The quantitative estimate of drug-likeness (QED) is 0.436. The zero-order valence-electron chi connectivity index (χ0n) is 7.77. The highest BCUT2D eigenvalue weighted by molar-refractivity contribution is 6.00. The first-order chi connectivity index (χ1) is 7.09. The number of carbonyl (C=O) groups is 1. The third-order valence-corrected chi connectivity index (χ3v) is 2.37. The molecular formula is C10H8FNO3. The average molecular weight is 209 g/mol. The zero-order chi connectivity index (χ0) is 11.0. The maximum absolute atomic E-state index is 13.2. The standard InChI is InChI=1S/C10H8FNO3/c11-9-4-3-7(12(14)15)5-8(9)10(13)6-1-2-6/h3-6H,1-2H2. The number of nitrogens with zero attached hydrogens (tertiary/aromatic N) is 1. The van der Waals surface area contributed by atoms with Gasteiger partial charge in [-0.1, -0.05) is 0 Å². The van der Waals surface area contributed by atoms with Crippen LogP contribution < -0.4 is 0 Å². The molecule has 0 N–H and O–H groups in total. The van der Waals surface area contributed by atoms with Crippen LogP contribution >= 0.6 is 0 Å². The number of carbonyl (C=O) groups excluding carboxylic acids is 1. The Hall–Kier alpha value is -1.78. The van der Waals surface area contributed by atoms with Crippen LogP contribution in [-0.2, 0) is 0 Å². The van der Waals surface area contributed by atoms with Crippen LogP contribution in [0.2, 0.25) is 0 Å². The fourth-order valence-corrected chi connectivity index (χ4v) is 1.38. The van der Waals surface area contributed by atoms with Crippen molar-refractivity contribution >= 4 is 11.5 Å². The van der Waals surface area contributed by atoms with Gasteiger partial charge in [0.2, 0.25) is 0 Å². The molecule has 1 aliphatic carbocycles. The second-order valence-electron chi connectivity index (χ2n) is 3.56. The van der Waals surface area contributed by atoms with E-state index in [4.69, 9.17) is 0 Å². The molecule has 1 saturated carbocycles. The number of non-ortho nitro benzene ring substituents is 1. The molecule has 1 aromatic carbocycles. The Bertz CT molecular complexity index is 440. The van der Waals surface area contributed by atoms with Gasteiger partial charge in [-0.2, -0.15) is 0 Å². The van der Waals surface area contributed by atoms with E-state index < -0.39 is 10.7 Å². The van der Waals surface area contributed by atoms with Crippen LogP contribution in [0.3, 0.4) is 0 Å². The van der Waals surface area contributed by atoms with Gasteiger partial charge in [0, 0.05) is 18.1 Å². The summed E-state index contributed by atoms with van der Waals surface area (Å²) in [6.07, 6.45) is 1.50. The van der Waals surface area contributed by atoms with Gasteiger partial charge in [0.25, 0.3) is 5.69 Å². The molecule has 1 aliphatic rings. The number of benzene rings is 1. The van der Waals surface area contributed by atoms with E-state index >= 15 is 0 Å². The largest absolute Gasteiger partial charge is 0.294 e. The second kappa shape index (κ2) is 3.42. The van der Waals surface area contributed by atoms with Crippen molar-refractivity contribution in [3.05, 3.63) is 39.7 Å². The van der Waals surface area contributed by atoms with Crippen molar-refractivity contribution in [2.24, 2.45) is 5.92 Å². The molecule has 0 saturated heterocycles. The normalized spacial score (nSPS) is 15.0. The maximum Gasteiger partial charge on any atom is 0.270 e. The molecule has 2 rings (SSSR count). The Morgan fingerprint density at radius 2 is 2.13 bits per heavy atom. The van der Waals surface area contributed by atoms with Gasteiger partial charge in [0.05, 0.1) is 10.5 Å². The highest BCUT2D eigenvalue weighted by Gasteiger charge is 2.32. The summed E-state index contributed by atoms with van der Waals surface area (Å²) < 4.78 is 13.2. The number of nitro groups is 1. The van der Waals surface area contributed by atoms with Gasteiger partial charge in [0.15, 0.2) is 5.78 Å². The van der Waals surface area contributed by atoms with E-state index in [1.807, 2.05) is 0 Å². The van der Waals surface area contributed by atoms with Crippen LogP contribution in [0.5, 0.6) is 0 Å². The van der Waals surface area contributed by atoms with E-state index in [0.717, 1.165) is 31.0 Å². The summed E-state index contributed by atoms with van der Waals surface area (Å²) in [6, 6.07) is 3.03. The molecule has 0 atom stereocenters. The molecular weight excluding hydrogens is 201 g/mol. The minimum atomic E-state index is -0.683. The lowest BCUT2D eigenvalue weighted by molar-refractivity contribution is -0.384. The Kier molecular flexibility index (Phi) is 2.22. The van der Waals surface area contributed by atoms with Gasteiger partial charge in [-0.15, -0.1) is 0 Å². The van der Waals surface area contributed by atoms with Crippen molar-refractivity contribution < 1.29 is 14.1 Å². The molecule has 0 bridgehead atoms. The molecule has 0 amide bonds. The van der Waals surface area contributed by atoms with E-state index in [1.165, 1.54) is 0 Å². The molecule has 1 aromatic rings. The third kappa shape index (κ3) is 1.86. The zero-order valence-corrected chi connectivity index (χ0v) is 7.77. The van der Waals surface area contributed by atoms with Crippen molar-refractivity contribution in [1.29, 1.82) is 0 Å². The Morgan fingerprint density at radius 3 is 2.67 bits per heavy atom. The number of rotatable bonds is 3. The number of ketones is 1. The van der Waals surface area contributed by atoms with E-state index in [1.54, 1.807) is 0 Å². The molecule has 0 aliphatic heterocycles. The summed E-state index contributed by atoms with van der Waals surface area (Å²) in [5.74, 6) is -1.14. The van der Waals surface area contributed by atoms with Gasteiger partial charge in [-0.3, -0.25) is 14.9 Å². The minimum Gasteiger partial charge on any atom is -0.294 e. The van der Waals surface area contributed by atoms with Crippen LogP contribution in [0, 0.1) is 21.8 Å². The fourth-order valence-electron chi connectivity index (χ4n) is 1.38. The molecule has 0 unspecified atom stereocenters. The summed E-state index contributed by atoms with van der Waals surface area (Å²) >= 11 is 0. The molecule has 5 heteroatoms. The lowest BCUT2D eigenvalue weighted by Gasteiger charge is -2.00. The smallest absolute Gasteiger partial charge is 0.270 e. The third-order valence-electron chi connectivity index (χ3n) is 2.37. The van der Waals surface area contributed by atoms with Crippen molar-refractivity contribution in [3.63, 3.8) is 0 Å². The monoisotopic (exact) mass is 209 g/mol. The van der Waals surface area contributed by atoms with Crippen LogP contribution in [0.25, 0.3) is 0 Å². The molecule has 0 heterocycles. The predicted molar refractivity (Wildman–Crippen MR) is 50.1 cm³/mol. The molecule has 0 aromatic heterocycles. The van der Waals surface area contributed by atoms with Gasteiger partial charge in [-0.05, 0) is 18.9 Å². The summed E-state index contributed by atoms with van der Waals surface area (Å²) in [4.78, 5) is 21.3. The van der Waals surface area contributed by atoms with Crippen LogP contribution in [0.15, 0.2) is 18.2 Å². The first kappa shape index (κ1) is 9.76. The first-order valence-electron chi connectivity index (χ1n) is 4.58. The van der Waals surface area contributed by atoms with Crippen molar-refractivity contribution in [2.45, 2.75) is 12.8 Å². The van der Waals surface area contributed by atoms with Crippen molar-refractivity contribution in [2.75, 3.05) is 0 Å². The van der Waals surface area contributed by atoms with Gasteiger partial charge < -0.3 is 0 Å². The number of hydrogen-bond donors (Lipinski definition) is 0. The first-order valence-corrected chi connectivity index (χ1v) is 4.58. The lowest BCUT2D eigenvalue weighted by Crippen LogP contribution is -2.05. The van der Waals surface area contributed by atoms with Gasteiger partial charge in [0.1, 0.15) is 5.82 Å². The van der Waals surface area contributed by atoms with E-state index in [-0.39, 0.29) is 23.0 Å². The number of Topliss-reactive ketones (excluding diaryl/α,β-unsaturated/α-hetero) is 1. The molecule has 4 nitrogen and oxygen atoms in total. The van der Waals surface area contributed by atoms with Gasteiger partial charge >= 0.3 is 0 Å². The molecule has 0 radical (unpaired) electrons. The van der Waals surface area contributed by atoms with Crippen molar-refractivity contribution in [3.8, 4) is 0 Å².